The first-order valence-corrected chi connectivity index (χ1v) is 6.80. The average Bonchev–Trinajstić information content (AvgIpc) is 2.61. The second kappa shape index (κ2) is 3.97. The van der Waals surface area contributed by atoms with Crippen molar-refractivity contribution < 1.29 is 4.74 Å². The van der Waals surface area contributed by atoms with Crippen LogP contribution in [0.5, 0.6) is 5.75 Å². The number of halogens is 1. The zero-order valence-corrected chi connectivity index (χ0v) is 11.5. The quantitative estimate of drug-likeness (QED) is 0.798. The van der Waals surface area contributed by atoms with Gasteiger partial charge in [0.25, 0.3) is 0 Å². The van der Waals surface area contributed by atoms with Crippen molar-refractivity contribution >= 4 is 15.9 Å². The van der Waals surface area contributed by atoms with E-state index in [1.165, 1.54) is 0 Å². The summed E-state index contributed by atoms with van der Waals surface area (Å²) in [6, 6.07) is 6.20. The van der Waals surface area contributed by atoms with Crippen molar-refractivity contribution in [2.45, 2.75) is 24.5 Å². The zero-order chi connectivity index (χ0) is 12.0. The lowest BCUT2D eigenvalue weighted by molar-refractivity contribution is 0.0466. The fourth-order valence-electron chi connectivity index (χ4n) is 2.98. The summed E-state index contributed by atoms with van der Waals surface area (Å²) in [6.45, 7) is 2.08. The lowest BCUT2D eigenvalue weighted by Crippen LogP contribution is -2.44. The van der Waals surface area contributed by atoms with Crippen LogP contribution in [0.4, 0.5) is 0 Å². The van der Waals surface area contributed by atoms with Crippen LogP contribution in [0.15, 0.2) is 22.7 Å². The number of nitrogens with zero attached hydrogens (tertiary/aromatic N) is 1. The number of likely N-dealkylation sites (tertiary alicyclic amines) is 1. The van der Waals surface area contributed by atoms with E-state index in [2.05, 4.69) is 33.9 Å². The normalized spacial score (nSPS) is 32.5. The van der Waals surface area contributed by atoms with Gasteiger partial charge in [0.1, 0.15) is 11.4 Å². The summed E-state index contributed by atoms with van der Waals surface area (Å²) in [5.41, 5.74) is 7.36. The highest BCUT2D eigenvalue weighted by Crippen LogP contribution is 2.43. The Kier molecular flexibility index (Phi) is 2.69. The van der Waals surface area contributed by atoms with Gasteiger partial charge in [-0.15, -0.1) is 0 Å². The minimum Gasteiger partial charge on any atom is -0.485 e. The predicted molar refractivity (Wildman–Crippen MR) is 71.2 cm³/mol. The maximum Gasteiger partial charge on any atom is 0.125 e. The van der Waals surface area contributed by atoms with E-state index in [9.17, 15) is 0 Å². The molecule has 1 fully saturated rings. The molecule has 4 heteroatoms. The van der Waals surface area contributed by atoms with Crippen LogP contribution < -0.4 is 10.5 Å². The van der Waals surface area contributed by atoms with E-state index in [1.807, 2.05) is 12.1 Å². The second-order valence-corrected chi connectivity index (χ2v) is 6.18. The van der Waals surface area contributed by atoms with Gasteiger partial charge in [-0.1, -0.05) is 15.9 Å². The SMILES string of the molecule is CN1CCC2(CC(N)c3cc(Br)ccc3O2)C1. The molecule has 0 aromatic heterocycles. The fraction of sp³-hybridized carbons (Fsp3) is 0.538. The maximum atomic E-state index is 6.30. The van der Waals surface area contributed by atoms with Gasteiger partial charge in [-0.3, -0.25) is 0 Å². The second-order valence-electron chi connectivity index (χ2n) is 5.27. The first-order valence-electron chi connectivity index (χ1n) is 6.01. The van der Waals surface area contributed by atoms with Crippen LogP contribution in [0.3, 0.4) is 0 Å². The van der Waals surface area contributed by atoms with Gasteiger partial charge < -0.3 is 15.4 Å². The van der Waals surface area contributed by atoms with Gasteiger partial charge in [0.2, 0.25) is 0 Å². The summed E-state index contributed by atoms with van der Waals surface area (Å²) in [7, 11) is 2.14. The number of ether oxygens (including phenoxy) is 1. The molecule has 0 amide bonds. The Morgan fingerprint density at radius 3 is 3.06 bits per heavy atom. The van der Waals surface area contributed by atoms with Crippen LogP contribution in [-0.2, 0) is 0 Å². The van der Waals surface area contributed by atoms with E-state index in [1.54, 1.807) is 0 Å². The molecule has 1 spiro atoms. The van der Waals surface area contributed by atoms with Gasteiger partial charge in [-0.05, 0) is 25.2 Å². The molecule has 2 heterocycles. The molecule has 0 saturated carbocycles. The first-order chi connectivity index (χ1) is 8.08. The predicted octanol–water partition coefficient (Wildman–Crippen LogP) is 2.31. The van der Waals surface area contributed by atoms with Gasteiger partial charge in [0, 0.05) is 42.0 Å². The van der Waals surface area contributed by atoms with Crippen LogP contribution in [-0.4, -0.2) is 30.6 Å². The average molecular weight is 297 g/mol. The Balaban J connectivity index is 1.96. The number of hydrogen-bond acceptors (Lipinski definition) is 3. The highest BCUT2D eigenvalue weighted by Gasteiger charge is 2.44. The molecular formula is C13H17BrN2O. The summed E-state index contributed by atoms with van der Waals surface area (Å²) in [6.07, 6.45) is 1.99. The largest absolute Gasteiger partial charge is 0.485 e. The maximum absolute atomic E-state index is 6.30. The third kappa shape index (κ3) is 1.98. The molecule has 1 saturated heterocycles. The van der Waals surface area contributed by atoms with Crippen molar-refractivity contribution in [2.75, 3.05) is 20.1 Å². The summed E-state index contributed by atoms with van der Waals surface area (Å²) in [5.74, 6) is 0.960. The fourth-order valence-corrected chi connectivity index (χ4v) is 3.36. The molecule has 2 unspecified atom stereocenters. The van der Waals surface area contributed by atoms with Gasteiger partial charge in [0.15, 0.2) is 0 Å². The van der Waals surface area contributed by atoms with Crippen molar-refractivity contribution in [3.8, 4) is 5.75 Å². The highest BCUT2D eigenvalue weighted by atomic mass is 79.9. The molecule has 0 bridgehead atoms. The van der Waals surface area contributed by atoms with E-state index in [0.717, 1.165) is 41.7 Å². The van der Waals surface area contributed by atoms with E-state index < -0.39 is 0 Å². The number of likely N-dealkylation sites (N-methyl/N-ethyl adjacent to an activating group) is 1. The summed E-state index contributed by atoms with van der Waals surface area (Å²) in [4.78, 5) is 2.32. The molecule has 2 aliphatic rings. The number of nitrogens with two attached hydrogens (primary N) is 1. The highest BCUT2D eigenvalue weighted by molar-refractivity contribution is 9.10. The number of benzene rings is 1. The zero-order valence-electron chi connectivity index (χ0n) is 9.95. The van der Waals surface area contributed by atoms with Crippen molar-refractivity contribution in [3.63, 3.8) is 0 Å². The Labute approximate surface area is 110 Å². The molecule has 3 rings (SSSR count). The Morgan fingerprint density at radius 2 is 2.35 bits per heavy atom. The van der Waals surface area contributed by atoms with Gasteiger partial charge in [-0.25, -0.2) is 0 Å². The Bertz CT molecular complexity index is 451. The lowest BCUT2D eigenvalue weighted by atomic mass is 9.87. The molecule has 2 N–H and O–H groups in total. The van der Waals surface area contributed by atoms with Crippen molar-refractivity contribution in [1.29, 1.82) is 0 Å². The van der Waals surface area contributed by atoms with Crippen LogP contribution >= 0.6 is 15.9 Å². The molecule has 0 radical (unpaired) electrons. The molecule has 2 aliphatic heterocycles. The molecule has 2 atom stereocenters. The van der Waals surface area contributed by atoms with Crippen molar-refractivity contribution in [3.05, 3.63) is 28.2 Å². The van der Waals surface area contributed by atoms with E-state index in [0.29, 0.717) is 0 Å². The van der Waals surface area contributed by atoms with Crippen LogP contribution in [0.25, 0.3) is 0 Å². The smallest absolute Gasteiger partial charge is 0.125 e. The Hall–Kier alpha value is -0.580. The van der Waals surface area contributed by atoms with E-state index in [-0.39, 0.29) is 11.6 Å². The minimum atomic E-state index is -0.0605. The Morgan fingerprint density at radius 1 is 1.53 bits per heavy atom. The molecule has 92 valence electrons. The molecule has 17 heavy (non-hydrogen) atoms. The van der Waals surface area contributed by atoms with Crippen LogP contribution in [0.2, 0.25) is 0 Å². The van der Waals surface area contributed by atoms with Gasteiger partial charge in [0.05, 0.1) is 0 Å². The molecule has 0 aliphatic carbocycles. The number of hydrogen-bond donors (Lipinski definition) is 1. The van der Waals surface area contributed by atoms with Gasteiger partial charge in [-0.2, -0.15) is 0 Å². The van der Waals surface area contributed by atoms with Crippen molar-refractivity contribution in [1.82, 2.24) is 4.90 Å². The topological polar surface area (TPSA) is 38.5 Å². The van der Waals surface area contributed by atoms with Crippen molar-refractivity contribution in [2.24, 2.45) is 5.73 Å². The third-order valence-electron chi connectivity index (χ3n) is 3.80. The van der Waals surface area contributed by atoms with Crippen LogP contribution in [0.1, 0.15) is 24.4 Å². The lowest BCUT2D eigenvalue weighted by Gasteiger charge is -2.38. The number of fused-ring (bicyclic) bond motifs is 1. The van der Waals surface area contributed by atoms with E-state index in [4.69, 9.17) is 10.5 Å². The van der Waals surface area contributed by atoms with E-state index >= 15 is 0 Å². The minimum absolute atomic E-state index is 0.0605. The molecule has 1 aromatic carbocycles. The molecule has 1 aromatic rings. The summed E-state index contributed by atoms with van der Waals surface area (Å²) < 4.78 is 7.30. The molecular weight excluding hydrogens is 280 g/mol. The number of rotatable bonds is 0. The first kappa shape index (κ1) is 11.5. The standard InChI is InChI=1S/C13H17BrN2O/c1-16-5-4-13(8-16)7-11(15)10-6-9(14)2-3-12(10)17-13/h2-3,6,11H,4-5,7-8,15H2,1H3. The summed E-state index contributed by atoms with van der Waals surface area (Å²) >= 11 is 3.48. The monoisotopic (exact) mass is 296 g/mol. The van der Waals surface area contributed by atoms with Gasteiger partial charge >= 0.3 is 0 Å². The molecule has 3 nitrogen and oxygen atoms in total. The van der Waals surface area contributed by atoms with Crippen LogP contribution in [0, 0.1) is 0 Å². The third-order valence-corrected chi connectivity index (χ3v) is 4.29. The summed E-state index contributed by atoms with van der Waals surface area (Å²) in [5, 5.41) is 0.